The average molecular weight is 370 g/mol. The van der Waals surface area contributed by atoms with E-state index in [4.69, 9.17) is 11.1 Å². The molecule has 0 saturated heterocycles. The van der Waals surface area contributed by atoms with Gasteiger partial charge in [-0.2, -0.15) is 0 Å². The van der Waals surface area contributed by atoms with Crippen molar-refractivity contribution in [2.75, 3.05) is 18.8 Å². The summed E-state index contributed by atoms with van der Waals surface area (Å²) in [6.07, 6.45) is 2.62. The minimum atomic E-state index is -0.391. The number of thiophene rings is 1. The second-order valence-corrected chi connectivity index (χ2v) is 7.12. The van der Waals surface area contributed by atoms with E-state index < -0.39 is 5.91 Å². The summed E-state index contributed by atoms with van der Waals surface area (Å²) in [5, 5.41) is 9.89. The van der Waals surface area contributed by atoms with Crippen LogP contribution in [-0.2, 0) is 17.8 Å². The number of aldehydes is 1. The maximum absolute atomic E-state index is 12.4. The summed E-state index contributed by atoms with van der Waals surface area (Å²) < 4.78 is 0. The van der Waals surface area contributed by atoms with Crippen LogP contribution in [0.1, 0.15) is 36.0 Å². The molecule has 0 fully saturated rings. The van der Waals surface area contributed by atoms with Crippen LogP contribution < -0.4 is 11.1 Å². The number of benzene rings is 1. The van der Waals surface area contributed by atoms with Gasteiger partial charge in [0.05, 0.1) is 11.4 Å². The maximum Gasteiger partial charge on any atom is 0.251 e. The molecule has 0 radical (unpaired) electrons. The molecule has 7 nitrogen and oxygen atoms in total. The van der Waals surface area contributed by atoms with Gasteiger partial charge in [-0.15, -0.1) is 11.3 Å². The van der Waals surface area contributed by atoms with E-state index in [2.05, 4.69) is 5.32 Å². The minimum Gasteiger partial charge on any atom is -0.398 e. The second-order valence-electron chi connectivity index (χ2n) is 5.95. The van der Waals surface area contributed by atoms with Crippen molar-refractivity contribution in [3.05, 3.63) is 50.7 Å². The van der Waals surface area contributed by atoms with Gasteiger partial charge in [-0.05, 0) is 36.2 Å². The van der Waals surface area contributed by atoms with Gasteiger partial charge in [0.1, 0.15) is 0 Å². The summed E-state index contributed by atoms with van der Waals surface area (Å²) in [5.41, 5.74) is 7.92. The molecule has 134 valence electrons. The Kier molecular flexibility index (Phi) is 5.13. The van der Waals surface area contributed by atoms with Crippen molar-refractivity contribution in [1.29, 1.82) is 5.41 Å². The van der Waals surface area contributed by atoms with Gasteiger partial charge in [0.25, 0.3) is 5.91 Å². The SMILES string of the molecule is N=Cc1cc(C(=O)NCC(=O)N2CCc3sc(C=O)cc3C2)ccc1N. The van der Waals surface area contributed by atoms with Crippen molar-refractivity contribution >= 4 is 41.3 Å². The lowest BCUT2D eigenvalue weighted by Gasteiger charge is -2.27. The number of carbonyl (C=O) groups is 3. The van der Waals surface area contributed by atoms with E-state index >= 15 is 0 Å². The Hall–Kier alpha value is -3.00. The van der Waals surface area contributed by atoms with E-state index in [-0.39, 0.29) is 12.5 Å². The second kappa shape index (κ2) is 7.49. The number of hydrogen-bond acceptors (Lipinski definition) is 6. The summed E-state index contributed by atoms with van der Waals surface area (Å²) in [6, 6.07) is 6.45. The van der Waals surface area contributed by atoms with Gasteiger partial charge < -0.3 is 21.4 Å². The summed E-state index contributed by atoms with van der Waals surface area (Å²) in [7, 11) is 0. The van der Waals surface area contributed by atoms with Gasteiger partial charge in [-0.25, -0.2) is 0 Å². The van der Waals surface area contributed by atoms with E-state index in [9.17, 15) is 14.4 Å². The summed E-state index contributed by atoms with van der Waals surface area (Å²) >= 11 is 1.46. The van der Waals surface area contributed by atoms with Crippen LogP contribution in [0.3, 0.4) is 0 Å². The van der Waals surface area contributed by atoms with Crippen LogP contribution in [0.5, 0.6) is 0 Å². The van der Waals surface area contributed by atoms with Gasteiger partial charge in [0.15, 0.2) is 6.29 Å². The zero-order valence-corrected chi connectivity index (χ0v) is 14.8. The Bertz CT molecular complexity index is 891. The van der Waals surface area contributed by atoms with Crippen LogP contribution in [-0.4, -0.2) is 42.3 Å². The minimum absolute atomic E-state index is 0.108. The molecule has 1 aliphatic rings. The quantitative estimate of drug-likeness (QED) is 0.420. The van der Waals surface area contributed by atoms with Crippen LogP contribution in [0.25, 0.3) is 0 Å². The Morgan fingerprint density at radius 1 is 1.35 bits per heavy atom. The highest BCUT2D eigenvalue weighted by atomic mass is 32.1. The highest BCUT2D eigenvalue weighted by Gasteiger charge is 2.23. The first-order valence-corrected chi connectivity index (χ1v) is 8.86. The fourth-order valence-electron chi connectivity index (χ4n) is 2.84. The fourth-order valence-corrected chi connectivity index (χ4v) is 3.82. The molecule has 26 heavy (non-hydrogen) atoms. The lowest BCUT2D eigenvalue weighted by atomic mass is 10.1. The summed E-state index contributed by atoms with van der Waals surface area (Å²) in [4.78, 5) is 39.0. The van der Waals surface area contributed by atoms with Crippen LogP contribution >= 0.6 is 11.3 Å². The highest BCUT2D eigenvalue weighted by Crippen LogP contribution is 2.27. The van der Waals surface area contributed by atoms with Crippen LogP contribution in [0.15, 0.2) is 24.3 Å². The number of fused-ring (bicyclic) bond motifs is 1. The molecular weight excluding hydrogens is 352 g/mol. The third kappa shape index (κ3) is 3.65. The van der Waals surface area contributed by atoms with E-state index in [1.54, 1.807) is 17.0 Å². The first kappa shape index (κ1) is 17.8. The predicted octanol–water partition coefficient (Wildman–Crippen LogP) is 1.46. The molecule has 0 spiro atoms. The van der Waals surface area contributed by atoms with Gasteiger partial charge >= 0.3 is 0 Å². The number of nitrogens with two attached hydrogens (primary N) is 1. The number of hydrogen-bond donors (Lipinski definition) is 3. The van der Waals surface area contributed by atoms with Crippen molar-refractivity contribution in [2.45, 2.75) is 13.0 Å². The topological polar surface area (TPSA) is 116 Å². The molecule has 1 aromatic carbocycles. The van der Waals surface area contributed by atoms with Gasteiger partial charge in [-0.3, -0.25) is 14.4 Å². The number of nitrogen functional groups attached to an aromatic ring is 1. The number of carbonyl (C=O) groups excluding carboxylic acids is 3. The Labute approximate surface area is 154 Å². The molecule has 1 aromatic heterocycles. The number of amides is 2. The number of nitrogens with one attached hydrogen (secondary N) is 2. The molecule has 0 aliphatic carbocycles. The van der Waals surface area contributed by atoms with Crippen LogP contribution in [0.4, 0.5) is 5.69 Å². The van der Waals surface area contributed by atoms with E-state index in [1.165, 1.54) is 17.4 Å². The number of nitrogens with zero attached hydrogens (tertiary/aromatic N) is 1. The molecule has 2 amide bonds. The molecular formula is C18H18N4O3S. The zero-order chi connectivity index (χ0) is 18.7. The molecule has 8 heteroatoms. The summed E-state index contributed by atoms with van der Waals surface area (Å²) in [5.74, 6) is -0.566. The molecule has 4 N–H and O–H groups in total. The normalized spacial score (nSPS) is 13.0. The van der Waals surface area contributed by atoms with Crippen LogP contribution in [0, 0.1) is 5.41 Å². The van der Waals surface area contributed by atoms with Crippen LogP contribution in [0.2, 0.25) is 0 Å². The molecule has 2 aromatic rings. The van der Waals surface area contributed by atoms with E-state index in [1.807, 2.05) is 6.07 Å². The summed E-state index contributed by atoms with van der Waals surface area (Å²) in [6.45, 7) is 0.914. The molecule has 0 saturated carbocycles. The van der Waals surface area contributed by atoms with Crippen molar-refractivity contribution in [3.63, 3.8) is 0 Å². The van der Waals surface area contributed by atoms with Crippen molar-refractivity contribution in [3.8, 4) is 0 Å². The molecule has 1 aliphatic heterocycles. The third-order valence-corrected chi connectivity index (χ3v) is 5.42. The Balaban J connectivity index is 1.59. The lowest BCUT2D eigenvalue weighted by molar-refractivity contribution is -0.131. The lowest BCUT2D eigenvalue weighted by Crippen LogP contribution is -2.42. The van der Waals surface area contributed by atoms with Gasteiger partial charge in [0, 0.05) is 41.0 Å². The molecule has 0 atom stereocenters. The molecule has 0 unspecified atom stereocenters. The molecule has 3 rings (SSSR count). The Morgan fingerprint density at radius 3 is 2.88 bits per heavy atom. The third-order valence-electron chi connectivity index (χ3n) is 4.26. The zero-order valence-electron chi connectivity index (χ0n) is 14.0. The number of anilines is 1. The largest absolute Gasteiger partial charge is 0.398 e. The smallest absolute Gasteiger partial charge is 0.251 e. The van der Waals surface area contributed by atoms with Crippen molar-refractivity contribution in [1.82, 2.24) is 10.2 Å². The van der Waals surface area contributed by atoms with E-state index in [0.717, 1.165) is 22.9 Å². The van der Waals surface area contributed by atoms with Crippen molar-refractivity contribution < 1.29 is 14.4 Å². The first-order valence-electron chi connectivity index (χ1n) is 8.04. The average Bonchev–Trinajstić information content (AvgIpc) is 3.08. The first-order chi connectivity index (χ1) is 12.5. The monoisotopic (exact) mass is 370 g/mol. The molecule has 2 heterocycles. The van der Waals surface area contributed by atoms with Gasteiger partial charge in [-0.1, -0.05) is 0 Å². The predicted molar refractivity (Wildman–Crippen MR) is 99.9 cm³/mol. The highest BCUT2D eigenvalue weighted by molar-refractivity contribution is 7.13. The maximum atomic E-state index is 12.4. The van der Waals surface area contributed by atoms with Crippen molar-refractivity contribution in [2.24, 2.45) is 0 Å². The van der Waals surface area contributed by atoms with E-state index in [0.29, 0.717) is 41.2 Å². The standard InChI is InChI=1S/C18H18N4O3S/c19-7-12-5-11(1-2-15(12)20)18(25)21-8-17(24)22-4-3-16-13(9-22)6-14(10-23)26-16/h1-2,5-7,10,19H,3-4,8-9,20H2,(H,21,25). The van der Waals surface area contributed by atoms with Gasteiger partial charge in [0.2, 0.25) is 5.91 Å². The fraction of sp³-hybridized carbons (Fsp3) is 0.222. The Morgan fingerprint density at radius 2 is 2.15 bits per heavy atom. The molecule has 0 bridgehead atoms. The number of rotatable bonds is 5.